The van der Waals surface area contributed by atoms with E-state index in [4.69, 9.17) is 9.47 Å². The van der Waals surface area contributed by atoms with Crippen molar-refractivity contribution in [3.8, 4) is 11.5 Å². The van der Waals surface area contributed by atoms with Crippen LogP contribution < -0.4 is 9.47 Å². The Labute approximate surface area is 84.4 Å². The van der Waals surface area contributed by atoms with Gasteiger partial charge in [-0.3, -0.25) is 4.99 Å². The third kappa shape index (κ3) is 2.49. The molecule has 3 heteroatoms. The number of benzene rings is 1. The summed E-state index contributed by atoms with van der Waals surface area (Å²) in [5, 5.41) is 0. The largest absolute Gasteiger partial charge is 0.496 e. The maximum absolute atomic E-state index is 5.36. The summed E-state index contributed by atoms with van der Waals surface area (Å²) in [4.78, 5) is 3.94. The first kappa shape index (κ1) is 10.6. The Morgan fingerprint density at radius 1 is 1.43 bits per heavy atom. The summed E-state index contributed by atoms with van der Waals surface area (Å²) in [5.41, 5.74) is 0.957. The van der Waals surface area contributed by atoms with Gasteiger partial charge in [-0.2, -0.15) is 0 Å². The molecule has 0 saturated carbocycles. The van der Waals surface area contributed by atoms with E-state index >= 15 is 0 Å². The molecular weight excluding hydrogens is 178 g/mol. The zero-order valence-electron chi connectivity index (χ0n) is 8.78. The van der Waals surface area contributed by atoms with Crippen LogP contribution in [-0.2, 0) is 0 Å². The fourth-order valence-electron chi connectivity index (χ4n) is 1.19. The predicted molar refractivity (Wildman–Crippen MR) is 57.7 cm³/mol. The normalized spacial score (nSPS) is 10.5. The second-order valence-electron chi connectivity index (χ2n) is 2.72. The van der Waals surface area contributed by atoms with Crippen molar-refractivity contribution in [2.24, 2.45) is 4.99 Å². The maximum atomic E-state index is 5.36. The molecule has 0 fully saturated rings. The SMILES string of the molecule is CCOc1ccc(/C=N\C)c(OC)c1. The first-order valence-electron chi connectivity index (χ1n) is 4.54. The van der Waals surface area contributed by atoms with E-state index in [1.807, 2.05) is 25.1 Å². The molecular formula is C11H15NO2. The Hall–Kier alpha value is -1.51. The highest BCUT2D eigenvalue weighted by Gasteiger charge is 2.02. The van der Waals surface area contributed by atoms with E-state index in [1.54, 1.807) is 20.4 Å². The van der Waals surface area contributed by atoms with Gasteiger partial charge in [0.25, 0.3) is 0 Å². The van der Waals surface area contributed by atoms with Crippen molar-refractivity contribution < 1.29 is 9.47 Å². The Bertz CT molecular complexity index is 321. The quantitative estimate of drug-likeness (QED) is 0.686. The summed E-state index contributed by atoms with van der Waals surface area (Å²) in [5.74, 6) is 1.60. The van der Waals surface area contributed by atoms with Crippen molar-refractivity contribution in [2.75, 3.05) is 20.8 Å². The molecule has 0 saturated heterocycles. The highest BCUT2D eigenvalue weighted by molar-refractivity contribution is 5.83. The van der Waals surface area contributed by atoms with Crippen molar-refractivity contribution in [1.82, 2.24) is 0 Å². The molecule has 0 aliphatic carbocycles. The van der Waals surface area contributed by atoms with Gasteiger partial charge in [-0.15, -0.1) is 0 Å². The number of hydrogen-bond donors (Lipinski definition) is 0. The van der Waals surface area contributed by atoms with Gasteiger partial charge >= 0.3 is 0 Å². The number of ether oxygens (including phenoxy) is 2. The number of rotatable bonds is 4. The number of methoxy groups -OCH3 is 1. The molecule has 0 aromatic heterocycles. The van der Waals surface area contributed by atoms with E-state index in [0.717, 1.165) is 17.1 Å². The zero-order chi connectivity index (χ0) is 10.4. The van der Waals surface area contributed by atoms with Gasteiger partial charge in [0.1, 0.15) is 11.5 Å². The van der Waals surface area contributed by atoms with Crippen LogP contribution in [0, 0.1) is 0 Å². The van der Waals surface area contributed by atoms with Gasteiger partial charge < -0.3 is 9.47 Å². The topological polar surface area (TPSA) is 30.8 Å². The Morgan fingerprint density at radius 2 is 2.21 bits per heavy atom. The predicted octanol–water partition coefficient (Wildman–Crippen LogP) is 2.14. The lowest BCUT2D eigenvalue weighted by atomic mass is 10.2. The minimum absolute atomic E-state index is 0.657. The van der Waals surface area contributed by atoms with Gasteiger partial charge in [0.2, 0.25) is 0 Å². The Balaban J connectivity index is 2.98. The van der Waals surface area contributed by atoms with E-state index in [-0.39, 0.29) is 0 Å². The maximum Gasteiger partial charge on any atom is 0.131 e. The van der Waals surface area contributed by atoms with Crippen molar-refractivity contribution in [3.05, 3.63) is 23.8 Å². The van der Waals surface area contributed by atoms with Crippen molar-refractivity contribution >= 4 is 6.21 Å². The molecule has 0 aliphatic rings. The average Bonchev–Trinajstić information content (AvgIpc) is 2.21. The van der Waals surface area contributed by atoms with Gasteiger partial charge in [0, 0.05) is 24.9 Å². The average molecular weight is 193 g/mol. The van der Waals surface area contributed by atoms with Crippen LogP contribution in [0.4, 0.5) is 0 Å². The Morgan fingerprint density at radius 3 is 2.79 bits per heavy atom. The summed E-state index contributed by atoms with van der Waals surface area (Å²) in [6.07, 6.45) is 1.76. The van der Waals surface area contributed by atoms with Crippen LogP contribution in [0.3, 0.4) is 0 Å². The van der Waals surface area contributed by atoms with Crippen LogP contribution in [0.5, 0.6) is 11.5 Å². The summed E-state index contributed by atoms with van der Waals surface area (Å²) < 4.78 is 10.6. The molecule has 0 atom stereocenters. The molecule has 1 aromatic carbocycles. The first-order valence-corrected chi connectivity index (χ1v) is 4.54. The molecule has 0 amide bonds. The number of hydrogen-bond acceptors (Lipinski definition) is 3. The lowest BCUT2D eigenvalue weighted by molar-refractivity contribution is 0.336. The van der Waals surface area contributed by atoms with Crippen molar-refractivity contribution in [2.45, 2.75) is 6.92 Å². The molecule has 0 aliphatic heterocycles. The van der Waals surface area contributed by atoms with Gasteiger partial charge in [0.15, 0.2) is 0 Å². The lowest BCUT2D eigenvalue weighted by Gasteiger charge is -2.07. The third-order valence-electron chi connectivity index (χ3n) is 1.78. The molecule has 0 spiro atoms. The fourth-order valence-corrected chi connectivity index (χ4v) is 1.19. The van der Waals surface area contributed by atoms with Crippen LogP contribution in [0.25, 0.3) is 0 Å². The van der Waals surface area contributed by atoms with Crippen LogP contribution >= 0.6 is 0 Å². The van der Waals surface area contributed by atoms with Gasteiger partial charge in [0.05, 0.1) is 13.7 Å². The second-order valence-corrected chi connectivity index (χ2v) is 2.72. The first-order chi connectivity index (χ1) is 6.81. The monoisotopic (exact) mass is 193 g/mol. The molecule has 0 N–H and O–H groups in total. The van der Waals surface area contributed by atoms with E-state index < -0.39 is 0 Å². The van der Waals surface area contributed by atoms with E-state index in [1.165, 1.54) is 0 Å². The zero-order valence-corrected chi connectivity index (χ0v) is 8.78. The minimum Gasteiger partial charge on any atom is -0.496 e. The van der Waals surface area contributed by atoms with Crippen molar-refractivity contribution in [3.63, 3.8) is 0 Å². The van der Waals surface area contributed by atoms with Crippen LogP contribution in [0.15, 0.2) is 23.2 Å². The number of nitrogens with zero attached hydrogens (tertiary/aromatic N) is 1. The van der Waals surface area contributed by atoms with E-state index in [2.05, 4.69) is 4.99 Å². The lowest BCUT2D eigenvalue weighted by Crippen LogP contribution is -1.95. The van der Waals surface area contributed by atoms with Gasteiger partial charge in [-0.25, -0.2) is 0 Å². The summed E-state index contributed by atoms with van der Waals surface area (Å²) in [6.45, 7) is 2.61. The smallest absolute Gasteiger partial charge is 0.131 e. The molecule has 76 valence electrons. The van der Waals surface area contributed by atoms with Gasteiger partial charge in [-0.1, -0.05) is 0 Å². The third-order valence-corrected chi connectivity index (χ3v) is 1.78. The molecule has 1 rings (SSSR count). The number of aliphatic imine (C=N–C) groups is 1. The highest BCUT2D eigenvalue weighted by atomic mass is 16.5. The molecule has 3 nitrogen and oxygen atoms in total. The summed E-state index contributed by atoms with van der Waals surface area (Å²) in [6, 6.07) is 5.69. The molecule has 0 unspecified atom stereocenters. The fraction of sp³-hybridized carbons (Fsp3) is 0.364. The highest BCUT2D eigenvalue weighted by Crippen LogP contribution is 2.23. The molecule has 1 aromatic rings. The molecule has 14 heavy (non-hydrogen) atoms. The molecule has 0 radical (unpaired) electrons. The van der Waals surface area contributed by atoms with E-state index in [9.17, 15) is 0 Å². The Kier molecular flexibility index (Phi) is 3.98. The second kappa shape index (κ2) is 5.27. The minimum atomic E-state index is 0.657. The molecule has 0 bridgehead atoms. The van der Waals surface area contributed by atoms with Crippen molar-refractivity contribution in [1.29, 1.82) is 0 Å². The van der Waals surface area contributed by atoms with Gasteiger partial charge in [-0.05, 0) is 19.1 Å². The summed E-state index contributed by atoms with van der Waals surface area (Å²) >= 11 is 0. The van der Waals surface area contributed by atoms with E-state index in [0.29, 0.717) is 6.61 Å². The van der Waals surface area contributed by atoms with Crippen LogP contribution in [0.1, 0.15) is 12.5 Å². The standard InChI is InChI=1S/C11H15NO2/c1-4-14-10-6-5-9(8-12-2)11(7-10)13-3/h5-8H,4H2,1-3H3/b12-8-. The summed E-state index contributed by atoms with van der Waals surface area (Å²) in [7, 11) is 3.37. The van der Waals surface area contributed by atoms with Crippen LogP contribution in [-0.4, -0.2) is 27.0 Å². The molecule has 0 heterocycles. The van der Waals surface area contributed by atoms with Crippen LogP contribution in [0.2, 0.25) is 0 Å².